The standard InChI is InChI=1S/C13H14BrCl2NO/c14-8-5-6-9(11(16)7-8)13(18)17-12-4-2-1-3-10(12)15/h5-7,10,12H,1-4H2,(H,17,18). The van der Waals surface area contributed by atoms with E-state index >= 15 is 0 Å². The number of halogens is 3. The zero-order chi connectivity index (χ0) is 13.1. The minimum Gasteiger partial charge on any atom is -0.348 e. The Balaban J connectivity index is 2.07. The lowest BCUT2D eigenvalue weighted by atomic mass is 9.94. The summed E-state index contributed by atoms with van der Waals surface area (Å²) in [5.74, 6) is -0.148. The molecule has 2 atom stereocenters. The van der Waals surface area contributed by atoms with E-state index < -0.39 is 0 Å². The number of alkyl halides is 1. The first-order chi connectivity index (χ1) is 8.58. The van der Waals surface area contributed by atoms with Crippen LogP contribution in [0.1, 0.15) is 36.0 Å². The van der Waals surface area contributed by atoms with E-state index in [4.69, 9.17) is 23.2 Å². The number of hydrogen-bond donors (Lipinski definition) is 1. The van der Waals surface area contributed by atoms with Gasteiger partial charge in [0.05, 0.1) is 16.0 Å². The van der Waals surface area contributed by atoms with Gasteiger partial charge < -0.3 is 5.32 Å². The van der Waals surface area contributed by atoms with Crippen LogP contribution in [-0.2, 0) is 0 Å². The smallest absolute Gasteiger partial charge is 0.253 e. The number of nitrogens with one attached hydrogen (secondary N) is 1. The SMILES string of the molecule is O=C(NC1CCCCC1Cl)c1ccc(Br)cc1Cl. The fourth-order valence-electron chi connectivity index (χ4n) is 2.17. The van der Waals surface area contributed by atoms with Gasteiger partial charge in [0.1, 0.15) is 0 Å². The molecule has 0 aliphatic heterocycles. The molecule has 1 aliphatic rings. The second kappa shape index (κ2) is 6.27. The Morgan fingerprint density at radius 2 is 2.06 bits per heavy atom. The molecule has 0 radical (unpaired) electrons. The van der Waals surface area contributed by atoms with E-state index in [1.165, 1.54) is 0 Å². The van der Waals surface area contributed by atoms with E-state index in [1.54, 1.807) is 18.2 Å². The van der Waals surface area contributed by atoms with Crippen LogP contribution >= 0.6 is 39.1 Å². The summed E-state index contributed by atoms with van der Waals surface area (Å²) in [7, 11) is 0. The van der Waals surface area contributed by atoms with Crippen molar-refractivity contribution in [2.24, 2.45) is 0 Å². The van der Waals surface area contributed by atoms with Crippen molar-refractivity contribution >= 4 is 45.0 Å². The molecule has 1 saturated carbocycles. The largest absolute Gasteiger partial charge is 0.348 e. The molecule has 1 N–H and O–H groups in total. The highest BCUT2D eigenvalue weighted by atomic mass is 79.9. The van der Waals surface area contributed by atoms with Crippen molar-refractivity contribution in [1.29, 1.82) is 0 Å². The average molecular weight is 351 g/mol. The maximum Gasteiger partial charge on any atom is 0.253 e. The van der Waals surface area contributed by atoms with Gasteiger partial charge in [-0.3, -0.25) is 4.79 Å². The summed E-state index contributed by atoms with van der Waals surface area (Å²) >= 11 is 15.6. The van der Waals surface area contributed by atoms with Gasteiger partial charge >= 0.3 is 0 Å². The van der Waals surface area contributed by atoms with Gasteiger partial charge in [-0.2, -0.15) is 0 Å². The van der Waals surface area contributed by atoms with Crippen molar-refractivity contribution in [3.05, 3.63) is 33.3 Å². The van der Waals surface area contributed by atoms with Crippen LogP contribution in [-0.4, -0.2) is 17.3 Å². The van der Waals surface area contributed by atoms with Gasteiger partial charge in [-0.1, -0.05) is 40.4 Å². The second-order valence-electron chi connectivity index (χ2n) is 4.50. The van der Waals surface area contributed by atoms with E-state index in [1.807, 2.05) is 0 Å². The topological polar surface area (TPSA) is 29.1 Å². The lowest BCUT2D eigenvalue weighted by molar-refractivity contribution is 0.0929. The zero-order valence-electron chi connectivity index (χ0n) is 9.76. The highest BCUT2D eigenvalue weighted by molar-refractivity contribution is 9.10. The highest BCUT2D eigenvalue weighted by Gasteiger charge is 2.25. The first-order valence-electron chi connectivity index (χ1n) is 5.98. The Bertz CT molecular complexity index is 453. The highest BCUT2D eigenvalue weighted by Crippen LogP contribution is 2.25. The van der Waals surface area contributed by atoms with E-state index in [9.17, 15) is 4.79 Å². The molecule has 2 rings (SSSR count). The van der Waals surface area contributed by atoms with Crippen LogP contribution in [0.15, 0.2) is 22.7 Å². The second-order valence-corrected chi connectivity index (χ2v) is 6.39. The van der Waals surface area contributed by atoms with Crippen LogP contribution in [0, 0.1) is 0 Å². The lowest BCUT2D eigenvalue weighted by Crippen LogP contribution is -2.42. The van der Waals surface area contributed by atoms with Crippen LogP contribution in [0.2, 0.25) is 5.02 Å². The van der Waals surface area contributed by atoms with Crippen LogP contribution in [0.3, 0.4) is 0 Å². The number of carbonyl (C=O) groups excluding carboxylic acids is 1. The molecule has 1 fully saturated rings. The fourth-order valence-corrected chi connectivity index (χ4v) is 3.27. The Morgan fingerprint density at radius 3 is 2.72 bits per heavy atom. The molecule has 5 heteroatoms. The molecule has 0 saturated heterocycles. The predicted octanol–water partition coefficient (Wildman–Crippen LogP) is 4.38. The van der Waals surface area contributed by atoms with Crippen molar-refractivity contribution < 1.29 is 4.79 Å². The third-order valence-electron chi connectivity index (χ3n) is 3.17. The van der Waals surface area contributed by atoms with Gasteiger partial charge in [-0.25, -0.2) is 0 Å². The van der Waals surface area contributed by atoms with Crippen molar-refractivity contribution in [2.75, 3.05) is 0 Å². The van der Waals surface area contributed by atoms with Crippen LogP contribution < -0.4 is 5.32 Å². The minimum absolute atomic E-state index is 0.0249. The van der Waals surface area contributed by atoms with E-state index in [0.717, 1.165) is 30.2 Å². The molecule has 98 valence electrons. The van der Waals surface area contributed by atoms with E-state index in [-0.39, 0.29) is 17.3 Å². The quantitative estimate of drug-likeness (QED) is 0.788. The Hall–Kier alpha value is -0.250. The van der Waals surface area contributed by atoms with Gasteiger partial charge in [-0.05, 0) is 31.0 Å². The van der Waals surface area contributed by atoms with Gasteiger partial charge in [0.2, 0.25) is 0 Å². The molecule has 0 bridgehead atoms. The summed E-state index contributed by atoms with van der Waals surface area (Å²) in [5, 5.41) is 3.45. The van der Waals surface area contributed by atoms with E-state index in [2.05, 4.69) is 21.2 Å². The molecular weight excluding hydrogens is 337 g/mol. The van der Waals surface area contributed by atoms with Crippen molar-refractivity contribution in [2.45, 2.75) is 37.1 Å². The van der Waals surface area contributed by atoms with Crippen molar-refractivity contribution in [1.82, 2.24) is 5.32 Å². The minimum atomic E-state index is -0.148. The molecule has 0 heterocycles. The predicted molar refractivity (Wildman–Crippen MR) is 78.5 cm³/mol. The number of carbonyl (C=O) groups is 1. The maximum absolute atomic E-state index is 12.1. The molecule has 0 spiro atoms. The van der Waals surface area contributed by atoms with Crippen LogP contribution in [0.25, 0.3) is 0 Å². The Morgan fingerprint density at radius 1 is 1.33 bits per heavy atom. The van der Waals surface area contributed by atoms with Crippen molar-refractivity contribution in [3.63, 3.8) is 0 Å². The first kappa shape index (κ1) is 14.2. The van der Waals surface area contributed by atoms with Crippen molar-refractivity contribution in [3.8, 4) is 0 Å². The molecule has 18 heavy (non-hydrogen) atoms. The van der Waals surface area contributed by atoms with E-state index in [0.29, 0.717) is 10.6 Å². The zero-order valence-corrected chi connectivity index (χ0v) is 12.9. The molecule has 2 nitrogen and oxygen atoms in total. The lowest BCUT2D eigenvalue weighted by Gasteiger charge is -2.27. The third kappa shape index (κ3) is 3.40. The van der Waals surface area contributed by atoms with Gasteiger partial charge in [0.15, 0.2) is 0 Å². The monoisotopic (exact) mass is 349 g/mol. The normalized spacial score (nSPS) is 23.7. The first-order valence-corrected chi connectivity index (χ1v) is 7.58. The Labute approximate surface area is 125 Å². The Kier molecular flexibility index (Phi) is 4.93. The molecule has 1 amide bonds. The molecular formula is C13H14BrCl2NO. The maximum atomic E-state index is 12.1. The van der Waals surface area contributed by atoms with Gasteiger partial charge in [-0.15, -0.1) is 11.6 Å². The summed E-state index contributed by atoms with van der Waals surface area (Å²) in [6.07, 6.45) is 4.15. The van der Waals surface area contributed by atoms with Gasteiger partial charge in [0.25, 0.3) is 5.91 Å². The third-order valence-corrected chi connectivity index (χ3v) is 4.50. The number of hydrogen-bond acceptors (Lipinski definition) is 1. The summed E-state index contributed by atoms with van der Waals surface area (Å²) in [6.45, 7) is 0. The van der Waals surface area contributed by atoms with Crippen LogP contribution in [0.5, 0.6) is 0 Å². The molecule has 1 aromatic rings. The summed E-state index contributed by atoms with van der Waals surface area (Å²) < 4.78 is 0.858. The summed E-state index contributed by atoms with van der Waals surface area (Å²) in [4.78, 5) is 12.1. The molecule has 2 unspecified atom stereocenters. The summed E-state index contributed by atoms with van der Waals surface area (Å²) in [6, 6.07) is 5.29. The number of amides is 1. The molecule has 1 aliphatic carbocycles. The summed E-state index contributed by atoms with van der Waals surface area (Å²) in [5.41, 5.74) is 0.495. The van der Waals surface area contributed by atoms with Gasteiger partial charge in [0, 0.05) is 10.5 Å². The van der Waals surface area contributed by atoms with Crippen LogP contribution in [0.4, 0.5) is 0 Å². The number of rotatable bonds is 2. The average Bonchev–Trinajstić information content (AvgIpc) is 2.32. The molecule has 1 aromatic carbocycles. The molecule has 0 aromatic heterocycles. The number of benzene rings is 1. The fraction of sp³-hybridized carbons (Fsp3) is 0.462.